The number of nitrogens with zero attached hydrogens (tertiary/aromatic N) is 1. The number of rotatable bonds is 12. The number of aliphatic hydroxyl groups is 1. The summed E-state index contributed by atoms with van der Waals surface area (Å²) in [5.41, 5.74) is 1.05. The SMILES string of the molecule is COc1ccc(S(=O)(=O)N(CCO)CCO[C@@H]2C[C@H](c3ccc(I)cc3)C=C(C(=O)NC3CC4CCC3C4)O2)cc1. The van der Waals surface area contributed by atoms with E-state index in [1.165, 1.54) is 36.4 Å². The van der Waals surface area contributed by atoms with E-state index in [9.17, 15) is 18.3 Å². The number of hydrogen-bond acceptors (Lipinski definition) is 7. The number of halogens is 1. The zero-order valence-electron chi connectivity index (χ0n) is 23.1. The molecule has 1 amide bonds. The van der Waals surface area contributed by atoms with Crippen molar-refractivity contribution in [1.82, 2.24) is 9.62 Å². The second kappa shape index (κ2) is 13.4. The highest BCUT2D eigenvalue weighted by Crippen LogP contribution is 2.44. The Morgan fingerprint density at radius 2 is 1.83 bits per heavy atom. The van der Waals surface area contributed by atoms with Crippen LogP contribution in [0.5, 0.6) is 5.75 Å². The van der Waals surface area contributed by atoms with Gasteiger partial charge in [0, 0.05) is 35.0 Å². The number of nitrogens with one attached hydrogen (secondary N) is 1. The third kappa shape index (κ3) is 7.24. The lowest BCUT2D eigenvalue weighted by Gasteiger charge is -2.31. The van der Waals surface area contributed by atoms with Gasteiger partial charge in [-0.1, -0.05) is 18.6 Å². The predicted molar refractivity (Wildman–Crippen MR) is 162 cm³/mol. The van der Waals surface area contributed by atoms with E-state index in [4.69, 9.17) is 14.2 Å². The van der Waals surface area contributed by atoms with Gasteiger partial charge in [-0.2, -0.15) is 4.31 Å². The quantitative estimate of drug-likeness (QED) is 0.323. The fraction of sp³-hybridized carbons (Fsp3) is 0.500. The summed E-state index contributed by atoms with van der Waals surface area (Å²) in [5, 5.41) is 12.8. The minimum absolute atomic E-state index is 0.0133. The standard InChI is InChI=1S/C30H37IN2O7S/c1-38-25-8-10-26(11-9-25)41(36,37)33(12-14-34)13-15-39-29-19-23(21-4-6-24(31)7-5-21)18-28(40-29)30(35)32-27-17-20-2-3-22(27)16-20/h4-11,18,20,22-23,27,29,34H,2-3,12-17,19H2,1H3,(H,32,35)/t20?,22?,23-,27?,29+/m1/s1. The van der Waals surface area contributed by atoms with Crippen molar-refractivity contribution in [3.63, 3.8) is 0 Å². The molecular weight excluding hydrogens is 659 g/mol. The Morgan fingerprint density at radius 1 is 1.07 bits per heavy atom. The van der Waals surface area contributed by atoms with Gasteiger partial charge in [-0.15, -0.1) is 0 Å². The molecule has 2 fully saturated rings. The fourth-order valence-corrected chi connectivity index (χ4v) is 7.94. The Balaban J connectivity index is 1.26. The van der Waals surface area contributed by atoms with Crippen LogP contribution in [-0.2, 0) is 24.3 Å². The van der Waals surface area contributed by atoms with Crippen LogP contribution in [0.4, 0.5) is 0 Å². The molecule has 2 saturated carbocycles. The fourth-order valence-electron chi connectivity index (χ4n) is 6.17. The van der Waals surface area contributed by atoms with Crippen LogP contribution >= 0.6 is 22.6 Å². The number of benzene rings is 2. The molecule has 11 heteroatoms. The van der Waals surface area contributed by atoms with Gasteiger partial charge in [0.15, 0.2) is 5.76 Å². The molecule has 0 radical (unpaired) electrons. The van der Waals surface area contributed by atoms with E-state index >= 15 is 0 Å². The van der Waals surface area contributed by atoms with Crippen molar-refractivity contribution in [3.05, 3.63) is 69.5 Å². The zero-order chi connectivity index (χ0) is 29.0. The van der Waals surface area contributed by atoms with Gasteiger partial charge in [-0.3, -0.25) is 4.79 Å². The highest BCUT2D eigenvalue weighted by Gasteiger charge is 2.41. The van der Waals surface area contributed by atoms with E-state index in [0.717, 1.165) is 22.0 Å². The number of sulfonamides is 1. The van der Waals surface area contributed by atoms with Gasteiger partial charge < -0.3 is 24.6 Å². The van der Waals surface area contributed by atoms with Crippen LogP contribution in [0.1, 0.15) is 43.6 Å². The third-order valence-corrected chi connectivity index (χ3v) is 11.0. The molecule has 1 aliphatic heterocycles. The van der Waals surface area contributed by atoms with Crippen molar-refractivity contribution in [2.24, 2.45) is 11.8 Å². The van der Waals surface area contributed by atoms with E-state index in [1.54, 1.807) is 12.1 Å². The summed E-state index contributed by atoms with van der Waals surface area (Å²) in [6, 6.07) is 14.4. The second-order valence-corrected chi connectivity index (χ2v) is 14.1. The summed E-state index contributed by atoms with van der Waals surface area (Å²) in [6.45, 7) is -0.369. The van der Waals surface area contributed by atoms with E-state index in [2.05, 4.69) is 27.9 Å². The zero-order valence-corrected chi connectivity index (χ0v) is 26.1. The van der Waals surface area contributed by atoms with Crippen LogP contribution in [0, 0.1) is 15.4 Å². The summed E-state index contributed by atoms with van der Waals surface area (Å²) in [7, 11) is -2.36. The molecule has 2 aromatic rings. The first-order valence-electron chi connectivity index (χ1n) is 14.1. The van der Waals surface area contributed by atoms with Crippen LogP contribution in [0.2, 0.25) is 0 Å². The molecule has 1 heterocycles. The topological polar surface area (TPSA) is 114 Å². The molecule has 2 aromatic carbocycles. The van der Waals surface area contributed by atoms with E-state index in [1.807, 2.05) is 30.3 Å². The highest BCUT2D eigenvalue weighted by atomic mass is 127. The predicted octanol–water partition coefficient (Wildman–Crippen LogP) is 4.02. The van der Waals surface area contributed by atoms with Crippen molar-refractivity contribution in [1.29, 1.82) is 0 Å². The largest absolute Gasteiger partial charge is 0.497 e. The van der Waals surface area contributed by atoms with Crippen molar-refractivity contribution in [2.45, 2.75) is 55.2 Å². The molecule has 222 valence electrons. The van der Waals surface area contributed by atoms with Gasteiger partial charge in [0.2, 0.25) is 16.3 Å². The normalized spacial score (nSPS) is 25.6. The highest BCUT2D eigenvalue weighted by molar-refractivity contribution is 14.1. The first kappa shape index (κ1) is 30.3. The van der Waals surface area contributed by atoms with Gasteiger partial charge in [0.05, 0.1) is 25.2 Å². The molecule has 5 rings (SSSR count). The number of hydrogen-bond donors (Lipinski definition) is 2. The lowest BCUT2D eigenvalue weighted by molar-refractivity contribution is -0.147. The maximum Gasteiger partial charge on any atom is 0.286 e. The summed E-state index contributed by atoms with van der Waals surface area (Å²) >= 11 is 2.26. The monoisotopic (exact) mass is 696 g/mol. The number of amides is 1. The minimum Gasteiger partial charge on any atom is -0.497 e. The maximum atomic E-state index is 13.3. The number of carbonyl (C=O) groups is 1. The molecule has 0 spiro atoms. The van der Waals surface area contributed by atoms with Crippen LogP contribution < -0.4 is 10.1 Å². The smallest absolute Gasteiger partial charge is 0.286 e. The molecule has 2 bridgehead atoms. The number of ether oxygens (including phenoxy) is 3. The molecule has 41 heavy (non-hydrogen) atoms. The van der Waals surface area contributed by atoms with Crippen LogP contribution in [-0.4, -0.2) is 69.5 Å². The van der Waals surface area contributed by atoms with Gasteiger partial charge in [0.25, 0.3) is 5.91 Å². The molecule has 0 aromatic heterocycles. The van der Waals surface area contributed by atoms with Crippen molar-refractivity contribution >= 4 is 38.5 Å². The molecule has 3 unspecified atom stereocenters. The number of aliphatic hydroxyl groups excluding tert-OH is 1. The summed E-state index contributed by atoms with van der Waals surface area (Å²) in [5.74, 6) is 1.71. The summed E-state index contributed by atoms with van der Waals surface area (Å²) in [6.07, 6.45) is 6.25. The van der Waals surface area contributed by atoms with Crippen LogP contribution in [0.15, 0.2) is 65.3 Å². The Hall–Kier alpha value is -2.19. The average molecular weight is 697 g/mol. The second-order valence-electron chi connectivity index (χ2n) is 10.9. The van der Waals surface area contributed by atoms with Crippen LogP contribution in [0.3, 0.4) is 0 Å². The van der Waals surface area contributed by atoms with Gasteiger partial charge in [-0.25, -0.2) is 8.42 Å². The van der Waals surface area contributed by atoms with Crippen molar-refractivity contribution in [2.75, 3.05) is 33.4 Å². The maximum absolute atomic E-state index is 13.3. The lowest BCUT2D eigenvalue weighted by Crippen LogP contribution is -2.41. The number of allylic oxidation sites excluding steroid dienone is 1. The van der Waals surface area contributed by atoms with E-state index in [-0.39, 0.29) is 54.8 Å². The van der Waals surface area contributed by atoms with Crippen molar-refractivity contribution < 1.29 is 32.5 Å². The van der Waals surface area contributed by atoms with Gasteiger partial charge in [-0.05, 0) is 102 Å². The molecule has 2 N–H and O–H groups in total. The van der Waals surface area contributed by atoms with E-state index in [0.29, 0.717) is 24.0 Å². The Morgan fingerprint density at radius 3 is 2.46 bits per heavy atom. The average Bonchev–Trinajstić information content (AvgIpc) is 3.60. The van der Waals surface area contributed by atoms with E-state index < -0.39 is 16.3 Å². The Labute approximate surface area is 255 Å². The Kier molecular flexibility index (Phi) is 9.90. The number of fused-ring (bicyclic) bond motifs is 2. The Bertz CT molecular complexity index is 1330. The first-order chi connectivity index (χ1) is 19.8. The first-order valence-corrected chi connectivity index (χ1v) is 16.6. The van der Waals surface area contributed by atoms with Crippen LogP contribution in [0.25, 0.3) is 0 Å². The number of carbonyl (C=O) groups excluding carboxylic acids is 1. The molecule has 3 aliphatic rings. The summed E-state index contributed by atoms with van der Waals surface area (Å²) in [4.78, 5) is 13.4. The van der Waals surface area contributed by atoms with Gasteiger partial charge in [0.1, 0.15) is 5.75 Å². The molecular formula is C30H37IN2O7S. The van der Waals surface area contributed by atoms with Gasteiger partial charge >= 0.3 is 0 Å². The van der Waals surface area contributed by atoms with Crippen molar-refractivity contribution in [3.8, 4) is 5.75 Å². The lowest BCUT2D eigenvalue weighted by atomic mass is 9.92. The molecule has 9 nitrogen and oxygen atoms in total. The molecule has 0 saturated heterocycles. The third-order valence-electron chi connectivity index (χ3n) is 8.32. The molecule has 5 atom stereocenters. The number of methoxy groups -OCH3 is 1. The molecule has 2 aliphatic carbocycles. The minimum atomic E-state index is -3.87. The summed E-state index contributed by atoms with van der Waals surface area (Å²) < 4.78 is 46.0.